The normalized spacial score (nSPS) is 10.5. The van der Waals surface area contributed by atoms with Crippen LogP contribution in [0.25, 0.3) is 0 Å². The molecule has 1 N–H and O–H groups in total. The monoisotopic (exact) mass is 422 g/mol. The average Bonchev–Trinajstić information content (AvgIpc) is 2.63. The van der Waals surface area contributed by atoms with Crippen molar-refractivity contribution in [3.63, 3.8) is 0 Å². The summed E-state index contributed by atoms with van der Waals surface area (Å²) in [5.74, 6) is -0.561. The van der Waals surface area contributed by atoms with Crippen molar-refractivity contribution in [1.29, 1.82) is 10.5 Å². The Bertz CT molecular complexity index is 1040. The van der Waals surface area contributed by atoms with Crippen LogP contribution in [0.1, 0.15) is 10.4 Å². The molecule has 0 atom stereocenters. The van der Waals surface area contributed by atoms with Crippen molar-refractivity contribution in [3.05, 3.63) is 58.1 Å². The Hall–Kier alpha value is -2.78. The molecule has 7 nitrogen and oxygen atoms in total. The number of anilines is 1. The first-order chi connectivity index (χ1) is 12.8. The molecule has 10 heteroatoms. The molecule has 2 aromatic rings. The van der Waals surface area contributed by atoms with Gasteiger partial charge in [0.25, 0.3) is 15.9 Å². The Balaban J connectivity index is 2.29. The molecule has 2 rings (SSSR count). The van der Waals surface area contributed by atoms with Crippen molar-refractivity contribution in [2.45, 2.75) is 4.90 Å². The lowest BCUT2D eigenvalue weighted by Gasteiger charge is -2.16. The molecule has 1 amide bonds. The van der Waals surface area contributed by atoms with E-state index in [0.29, 0.717) is 0 Å². The summed E-state index contributed by atoms with van der Waals surface area (Å²) < 4.78 is 27.3. The van der Waals surface area contributed by atoms with Crippen molar-refractivity contribution in [1.82, 2.24) is 4.90 Å². The predicted octanol–water partition coefficient (Wildman–Crippen LogP) is 3.28. The minimum Gasteiger partial charge on any atom is -0.312 e. The van der Waals surface area contributed by atoms with E-state index in [-0.39, 0.29) is 39.3 Å². The van der Waals surface area contributed by atoms with Gasteiger partial charge in [0.15, 0.2) is 0 Å². The number of sulfonamides is 1. The lowest BCUT2D eigenvalue weighted by molar-refractivity contribution is 0.0794. The highest BCUT2D eigenvalue weighted by molar-refractivity contribution is 7.92. The molecular weight excluding hydrogens is 411 g/mol. The summed E-state index contributed by atoms with van der Waals surface area (Å²) in [6.07, 6.45) is 0. The number of nitriles is 2. The third-order valence-corrected chi connectivity index (χ3v) is 5.49. The van der Waals surface area contributed by atoms with Crippen LogP contribution < -0.4 is 4.72 Å². The van der Waals surface area contributed by atoms with E-state index in [1.807, 2.05) is 0 Å². The molecule has 2 aromatic carbocycles. The number of benzene rings is 2. The molecule has 138 valence electrons. The van der Waals surface area contributed by atoms with Gasteiger partial charge in [0.2, 0.25) is 0 Å². The number of nitrogens with one attached hydrogen (secondary N) is 1. The number of hydrogen-bond donors (Lipinski definition) is 1. The van der Waals surface area contributed by atoms with Gasteiger partial charge >= 0.3 is 0 Å². The molecule has 0 bridgehead atoms. The molecule has 0 radical (unpaired) electrons. The maximum atomic E-state index is 12.5. The summed E-state index contributed by atoms with van der Waals surface area (Å²) >= 11 is 11.6. The third kappa shape index (κ3) is 5.11. The fourth-order valence-electron chi connectivity index (χ4n) is 2.13. The largest absolute Gasteiger partial charge is 0.312 e. The van der Waals surface area contributed by atoms with E-state index in [1.54, 1.807) is 12.1 Å². The van der Waals surface area contributed by atoms with Crippen LogP contribution in [0.3, 0.4) is 0 Å². The lowest BCUT2D eigenvalue weighted by atomic mass is 10.2. The first-order valence-corrected chi connectivity index (χ1v) is 9.63. The minimum absolute atomic E-state index is 0.0899. The maximum absolute atomic E-state index is 12.5. The van der Waals surface area contributed by atoms with Crippen molar-refractivity contribution >= 4 is 44.8 Å². The third-order valence-electron chi connectivity index (χ3n) is 3.37. The van der Waals surface area contributed by atoms with Crippen molar-refractivity contribution in [2.75, 3.05) is 17.8 Å². The lowest BCUT2D eigenvalue weighted by Crippen LogP contribution is -2.31. The summed E-state index contributed by atoms with van der Waals surface area (Å²) in [5, 5.41) is 17.8. The van der Waals surface area contributed by atoms with Gasteiger partial charge in [-0.2, -0.15) is 10.5 Å². The van der Waals surface area contributed by atoms with E-state index in [0.717, 1.165) is 4.90 Å². The topological polar surface area (TPSA) is 114 Å². The van der Waals surface area contributed by atoms with Crippen LogP contribution >= 0.6 is 23.2 Å². The minimum atomic E-state index is -3.96. The van der Waals surface area contributed by atoms with Gasteiger partial charge in [-0.25, -0.2) is 8.42 Å². The maximum Gasteiger partial charge on any atom is 0.261 e. The second-order valence-electron chi connectivity index (χ2n) is 5.24. The number of nitrogens with zero attached hydrogens (tertiary/aromatic N) is 3. The highest BCUT2D eigenvalue weighted by Crippen LogP contribution is 2.26. The van der Waals surface area contributed by atoms with Crippen LogP contribution in [0.4, 0.5) is 5.69 Å². The molecule has 0 fully saturated rings. The molecule has 0 aliphatic carbocycles. The van der Waals surface area contributed by atoms with Gasteiger partial charge in [-0.05, 0) is 36.4 Å². The summed E-state index contributed by atoms with van der Waals surface area (Å²) in [7, 11) is -3.96. The number of hydrogen-bond acceptors (Lipinski definition) is 5. The molecule has 0 saturated carbocycles. The zero-order valence-corrected chi connectivity index (χ0v) is 16.0. The van der Waals surface area contributed by atoms with E-state index < -0.39 is 15.9 Å². The van der Waals surface area contributed by atoms with Crippen LogP contribution in [0.15, 0.2) is 47.4 Å². The number of carbonyl (C=O) groups is 1. The molecule has 0 aromatic heterocycles. The van der Waals surface area contributed by atoms with Gasteiger partial charge in [0, 0.05) is 11.3 Å². The van der Waals surface area contributed by atoms with Gasteiger partial charge in [-0.1, -0.05) is 29.3 Å². The smallest absolute Gasteiger partial charge is 0.261 e. The molecule has 27 heavy (non-hydrogen) atoms. The zero-order valence-electron chi connectivity index (χ0n) is 13.7. The molecule has 0 heterocycles. The quantitative estimate of drug-likeness (QED) is 0.717. The van der Waals surface area contributed by atoms with Crippen molar-refractivity contribution < 1.29 is 13.2 Å². The molecule has 0 aliphatic rings. The highest BCUT2D eigenvalue weighted by Gasteiger charge is 2.18. The van der Waals surface area contributed by atoms with E-state index in [2.05, 4.69) is 4.72 Å². The fraction of sp³-hybridized carbons (Fsp3) is 0.118. The Morgan fingerprint density at radius 3 is 2.30 bits per heavy atom. The van der Waals surface area contributed by atoms with Gasteiger partial charge < -0.3 is 4.90 Å². The summed E-state index contributed by atoms with van der Waals surface area (Å²) in [4.78, 5) is 13.4. The fourth-order valence-corrected chi connectivity index (χ4v) is 3.56. The standard InChI is InChI=1S/C17H12Cl2N4O3S/c18-15-5-4-14(11-16(15)19)27(25,26)22-13-3-1-2-12(10-13)17(24)23(8-6-20)9-7-21/h1-5,10-11,22H,8-9H2. The van der Waals surface area contributed by atoms with Crippen LogP contribution in [0.2, 0.25) is 10.0 Å². The first-order valence-electron chi connectivity index (χ1n) is 7.39. The van der Waals surface area contributed by atoms with E-state index in [1.165, 1.54) is 42.5 Å². The zero-order chi connectivity index (χ0) is 20.0. The second kappa shape index (κ2) is 8.74. The second-order valence-corrected chi connectivity index (χ2v) is 7.74. The van der Waals surface area contributed by atoms with Gasteiger partial charge in [0.1, 0.15) is 13.1 Å². The summed E-state index contributed by atoms with van der Waals surface area (Å²) in [6, 6.07) is 13.2. The van der Waals surface area contributed by atoms with Gasteiger partial charge in [-0.3, -0.25) is 9.52 Å². The Kier molecular flexibility index (Phi) is 6.65. The van der Waals surface area contributed by atoms with E-state index in [4.69, 9.17) is 33.7 Å². The number of rotatable bonds is 6. The molecular formula is C17H12Cl2N4O3S. The molecule has 0 unspecified atom stereocenters. The Morgan fingerprint density at radius 1 is 1.04 bits per heavy atom. The Labute approximate surface area is 166 Å². The average molecular weight is 423 g/mol. The van der Waals surface area contributed by atoms with Crippen LogP contribution in [-0.2, 0) is 10.0 Å². The Morgan fingerprint density at radius 2 is 1.70 bits per heavy atom. The number of halogens is 2. The van der Waals surface area contributed by atoms with Crippen LogP contribution in [0, 0.1) is 22.7 Å². The predicted molar refractivity (Wildman–Crippen MR) is 101 cm³/mol. The van der Waals surface area contributed by atoms with Crippen molar-refractivity contribution in [2.24, 2.45) is 0 Å². The van der Waals surface area contributed by atoms with E-state index in [9.17, 15) is 13.2 Å². The van der Waals surface area contributed by atoms with E-state index >= 15 is 0 Å². The molecule has 0 saturated heterocycles. The number of amides is 1. The summed E-state index contributed by atoms with van der Waals surface area (Å²) in [6.45, 7) is -0.517. The SMILES string of the molecule is N#CCN(CC#N)C(=O)c1cccc(NS(=O)(=O)c2ccc(Cl)c(Cl)c2)c1. The molecule has 0 spiro atoms. The first kappa shape index (κ1) is 20.5. The van der Waals surface area contributed by atoms with Gasteiger partial charge in [0.05, 0.1) is 27.1 Å². The molecule has 0 aliphatic heterocycles. The number of carbonyl (C=O) groups excluding carboxylic acids is 1. The van der Waals surface area contributed by atoms with Crippen LogP contribution in [0.5, 0.6) is 0 Å². The highest BCUT2D eigenvalue weighted by atomic mass is 35.5. The summed E-state index contributed by atoms with van der Waals surface area (Å²) in [5.41, 5.74) is 0.274. The van der Waals surface area contributed by atoms with Crippen molar-refractivity contribution in [3.8, 4) is 12.1 Å². The van der Waals surface area contributed by atoms with Crippen LogP contribution in [-0.4, -0.2) is 32.3 Å². The van der Waals surface area contributed by atoms with Gasteiger partial charge in [-0.15, -0.1) is 0 Å².